The fourth-order valence-electron chi connectivity index (χ4n) is 2.45. The SMILES string of the molecule is O=C(c1ccc(F)c(S)c1)N1CCCCCC1CO. The average molecular weight is 283 g/mol. The Hall–Kier alpha value is -1.07. The Kier molecular flexibility index (Phi) is 4.82. The van der Waals surface area contributed by atoms with Gasteiger partial charge in [0.15, 0.2) is 0 Å². The zero-order valence-corrected chi connectivity index (χ0v) is 11.6. The van der Waals surface area contributed by atoms with Crippen LogP contribution in [0.3, 0.4) is 0 Å². The lowest BCUT2D eigenvalue weighted by molar-refractivity contribution is 0.0599. The van der Waals surface area contributed by atoms with Crippen molar-refractivity contribution in [3.8, 4) is 0 Å². The Morgan fingerprint density at radius 3 is 2.89 bits per heavy atom. The lowest BCUT2D eigenvalue weighted by Gasteiger charge is -2.28. The number of thiol groups is 1. The van der Waals surface area contributed by atoms with Crippen molar-refractivity contribution in [3.05, 3.63) is 29.6 Å². The molecule has 3 nitrogen and oxygen atoms in total. The first-order valence-electron chi connectivity index (χ1n) is 6.54. The molecule has 1 amide bonds. The molecule has 2 rings (SSSR count). The van der Waals surface area contributed by atoms with Crippen LogP contribution in [0.25, 0.3) is 0 Å². The minimum Gasteiger partial charge on any atom is -0.394 e. The molecule has 1 unspecified atom stereocenters. The number of halogens is 1. The molecule has 0 aromatic heterocycles. The maximum atomic E-state index is 13.2. The third-order valence-corrected chi connectivity index (χ3v) is 3.88. The number of carbonyl (C=O) groups is 1. The van der Waals surface area contributed by atoms with Gasteiger partial charge in [-0.3, -0.25) is 4.79 Å². The third kappa shape index (κ3) is 3.28. The van der Waals surface area contributed by atoms with E-state index in [0.717, 1.165) is 25.7 Å². The van der Waals surface area contributed by atoms with Gasteiger partial charge in [0.1, 0.15) is 5.82 Å². The standard InChI is InChI=1S/C14H18FNO2S/c15-12-6-5-10(8-13(12)19)14(18)16-7-3-1-2-4-11(16)9-17/h5-6,8,11,17,19H,1-4,7,9H2. The van der Waals surface area contributed by atoms with Gasteiger partial charge in [0.2, 0.25) is 0 Å². The molecule has 104 valence electrons. The molecule has 0 spiro atoms. The van der Waals surface area contributed by atoms with Crippen LogP contribution in [0, 0.1) is 5.82 Å². The Balaban J connectivity index is 2.22. The number of hydrogen-bond donors (Lipinski definition) is 2. The first kappa shape index (κ1) is 14.3. The highest BCUT2D eigenvalue weighted by Gasteiger charge is 2.25. The van der Waals surface area contributed by atoms with Crippen LogP contribution in [0.4, 0.5) is 4.39 Å². The minimum absolute atomic E-state index is 0.0271. The minimum atomic E-state index is -0.436. The monoisotopic (exact) mass is 283 g/mol. The predicted molar refractivity (Wildman–Crippen MR) is 74.0 cm³/mol. The van der Waals surface area contributed by atoms with Gasteiger partial charge in [-0.15, -0.1) is 12.6 Å². The number of benzene rings is 1. The number of likely N-dealkylation sites (tertiary alicyclic amines) is 1. The Morgan fingerprint density at radius 1 is 1.42 bits per heavy atom. The molecule has 0 aliphatic carbocycles. The van der Waals surface area contributed by atoms with Crippen molar-refractivity contribution < 1.29 is 14.3 Å². The molecule has 1 aromatic carbocycles. The van der Waals surface area contributed by atoms with E-state index < -0.39 is 5.82 Å². The van der Waals surface area contributed by atoms with Gasteiger partial charge in [-0.25, -0.2) is 4.39 Å². The van der Waals surface area contributed by atoms with Crippen LogP contribution in [0.15, 0.2) is 23.1 Å². The Morgan fingerprint density at radius 2 is 2.21 bits per heavy atom. The molecule has 1 atom stereocenters. The number of aliphatic hydroxyl groups excluding tert-OH is 1. The van der Waals surface area contributed by atoms with Gasteiger partial charge >= 0.3 is 0 Å². The van der Waals surface area contributed by atoms with Crippen molar-refractivity contribution in [1.29, 1.82) is 0 Å². The topological polar surface area (TPSA) is 40.5 Å². The summed E-state index contributed by atoms with van der Waals surface area (Å²) in [5.41, 5.74) is 0.423. The highest BCUT2D eigenvalue weighted by Crippen LogP contribution is 2.21. The van der Waals surface area contributed by atoms with Crippen LogP contribution in [-0.2, 0) is 0 Å². The van der Waals surface area contributed by atoms with E-state index in [2.05, 4.69) is 12.6 Å². The predicted octanol–water partition coefficient (Wildman–Crippen LogP) is 2.49. The molecule has 1 fully saturated rings. The zero-order valence-electron chi connectivity index (χ0n) is 10.7. The van der Waals surface area contributed by atoms with Crippen molar-refractivity contribution in [1.82, 2.24) is 4.90 Å². The van der Waals surface area contributed by atoms with Crippen molar-refractivity contribution in [2.45, 2.75) is 36.6 Å². The summed E-state index contributed by atoms with van der Waals surface area (Å²) in [6, 6.07) is 4.03. The van der Waals surface area contributed by atoms with Crippen LogP contribution in [0.5, 0.6) is 0 Å². The molecule has 1 heterocycles. The molecule has 1 saturated heterocycles. The van der Waals surface area contributed by atoms with E-state index in [0.29, 0.717) is 12.1 Å². The van der Waals surface area contributed by atoms with Gasteiger partial charge in [-0.2, -0.15) is 0 Å². The van der Waals surface area contributed by atoms with Crippen LogP contribution in [0.2, 0.25) is 0 Å². The van der Waals surface area contributed by atoms with Crippen molar-refractivity contribution >= 4 is 18.5 Å². The summed E-state index contributed by atoms with van der Waals surface area (Å²) in [5.74, 6) is -0.592. The van der Waals surface area contributed by atoms with E-state index in [1.807, 2.05) is 0 Å². The lowest BCUT2D eigenvalue weighted by atomic mass is 10.1. The van der Waals surface area contributed by atoms with Crippen molar-refractivity contribution in [2.75, 3.05) is 13.2 Å². The molecule has 0 bridgehead atoms. The highest BCUT2D eigenvalue weighted by atomic mass is 32.1. The average Bonchev–Trinajstić information content (AvgIpc) is 2.66. The fourth-order valence-corrected chi connectivity index (χ4v) is 2.66. The van der Waals surface area contributed by atoms with E-state index in [1.54, 1.807) is 4.90 Å². The summed E-state index contributed by atoms with van der Waals surface area (Å²) < 4.78 is 13.2. The second-order valence-electron chi connectivity index (χ2n) is 4.85. The summed E-state index contributed by atoms with van der Waals surface area (Å²) >= 11 is 4.00. The second kappa shape index (κ2) is 6.39. The van der Waals surface area contributed by atoms with Gasteiger partial charge in [-0.05, 0) is 31.0 Å². The van der Waals surface area contributed by atoms with E-state index in [-0.39, 0.29) is 23.5 Å². The molecule has 1 aliphatic rings. The summed E-state index contributed by atoms with van der Waals surface area (Å²) in [5, 5.41) is 9.41. The van der Waals surface area contributed by atoms with Crippen LogP contribution in [0.1, 0.15) is 36.0 Å². The number of rotatable bonds is 2. The van der Waals surface area contributed by atoms with E-state index in [4.69, 9.17) is 0 Å². The van der Waals surface area contributed by atoms with Crippen LogP contribution < -0.4 is 0 Å². The molecule has 0 radical (unpaired) electrons. The molecular weight excluding hydrogens is 265 g/mol. The molecule has 19 heavy (non-hydrogen) atoms. The summed E-state index contributed by atoms with van der Waals surface area (Å²) in [4.78, 5) is 14.3. The number of aliphatic hydroxyl groups is 1. The van der Waals surface area contributed by atoms with Crippen molar-refractivity contribution in [3.63, 3.8) is 0 Å². The lowest BCUT2D eigenvalue weighted by Crippen LogP contribution is -2.42. The van der Waals surface area contributed by atoms with Gasteiger partial charge in [-0.1, -0.05) is 12.8 Å². The maximum Gasteiger partial charge on any atom is 0.254 e. The largest absolute Gasteiger partial charge is 0.394 e. The molecule has 1 N–H and O–H groups in total. The van der Waals surface area contributed by atoms with Gasteiger partial charge in [0.25, 0.3) is 5.91 Å². The number of nitrogens with zero attached hydrogens (tertiary/aromatic N) is 1. The maximum absolute atomic E-state index is 13.2. The van der Waals surface area contributed by atoms with Gasteiger partial charge in [0, 0.05) is 17.0 Å². The summed E-state index contributed by atoms with van der Waals surface area (Å²) in [7, 11) is 0. The number of amides is 1. The van der Waals surface area contributed by atoms with Crippen LogP contribution in [-0.4, -0.2) is 35.1 Å². The molecule has 0 saturated carbocycles. The van der Waals surface area contributed by atoms with E-state index in [9.17, 15) is 14.3 Å². The zero-order chi connectivity index (χ0) is 13.8. The number of carbonyl (C=O) groups excluding carboxylic acids is 1. The number of hydrogen-bond acceptors (Lipinski definition) is 3. The van der Waals surface area contributed by atoms with E-state index in [1.165, 1.54) is 18.2 Å². The highest BCUT2D eigenvalue weighted by molar-refractivity contribution is 7.80. The normalized spacial score (nSPS) is 20.2. The first-order valence-corrected chi connectivity index (χ1v) is 6.98. The molecular formula is C14H18FNO2S. The second-order valence-corrected chi connectivity index (χ2v) is 5.33. The Bertz CT molecular complexity index is 467. The fraction of sp³-hybridized carbons (Fsp3) is 0.500. The summed E-state index contributed by atoms with van der Waals surface area (Å²) in [6.45, 7) is 0.615. The molecule has 5 heteroatoms. The Labute approximate surface area is 117 Å². The van der Waals surface area contributed by atoms with Crippen LogP contribution >= 0.6 is 12.6 Å². The van der Waals surface area contributed by atoms with Gasteiger partial charge < -0.3 is 10.0 Å². The quantitative estimate of drug-likeness (QED) is 0.819. The third-order valence-electron chi connectivity index (χ3n) is 3.54. The van der Waals surface area contributed by atoms with Gasteiger partial charge in [0.05, 0.1) is 12.6 Å². The first-order chi connectivity index (χ1) is 9.13. The van der Waals surface area contributed by atoms with Crippen molar-refractivity contribution in [2.24, 2.45) is 0 Å². The summed E-state index contributed by atoms with van der Waals surface area (Å²) in [6.07, 6.45) is 3.85. The molecule has 1 aliphatic heterocycles. The molecule has 1 aromatic rings. The van der Waals surface area contributed by atoms with E-state index >= 15 is 0 Å². The smallest absolute Gasteiger partial charge is 0.254 e.